The van der Waals surface area contributed by atoms with Gasteiger partial charge in [-0.1, -0.05) is 72.8 Å². The van der Waals surface area contributed by atoms with Gasteiger partial charge in [0.25, 0.3) is 5.91 Å². The van der Waals surface area contributed by atoms with Crippen molar-refractivity contribution in [1.29, 1.82) is 0 Å². The lowest BCUT2D eigenvalue weighted by Crippen LogP contribution is -2.45. The Morgan fingerprint density at radius 1 is 0.875 bits per heavy atom. The van der Waals surface area contributed by atoms with Crippen LogP contribution in [0.1, 0.15) is 28.4 Å². The first-order chi connectivity index (χ1) is 15.2. The van der Waals surface area contributed by atoms with E-state index < -0.39 is 41.9 Å². The van der Waals surface area contributed by atoms with Crippen LogP contribution >= 0.6 is 0 Å². The molecule has 1 saturated heterocycles. The minimum atomic E-state index is -4.58. The van der Waals surface area contributed by atoms with Crippen molar-refractivity contribution < 1.29 is 27.9 Å². The molecule has 164 valence electrons. The van der Waals surface area contributed by atoms with Crippen LogP contribution in [0.4, 0.5) is 18.0 Å². The van der Waals surface area contributed by atoms with Crippen molar-refractivity contribution in [3.8, 4) is 0 Å². The average molecular weight is 440 g/mol. The lowest BCUT2D eigenvalue weighted by Gasteiger charge is -2.28. The molecule has 1 atom stereocenters. The molecular formula is C24H19F3N2O3. The normalized spacial score (nSPS) is 16.7. The molecule has 1 aliphatic rings. The quantitative estimate of drug-likeness (QED) is 0.584. The van der Waals surface area contributed by atoms with Crippen molar-refractivity contribution in [2.45, 2.75) is 17.8 Å². The van der Waals surface area contributed by atoms with Crippen LogP contribution in [0.2, 0.25) is 0 Å². The smallest absolute Gasteiger partial charge is 0.387 e. The standard InChI is InChI=1S/C24H19F3N2O3/c25-24(26,27)19-13-7-8-16(14-19)20(30)15-29-21(31)23(28-22(29)32,17-9-3-1-4-10-17)18-11-5-2-6-12-18/h1-14,20,30H,15H2,(H,28,32). The van der Waals surface area contributed by atoms with E-state index in [0.717, 1.165) is 17.0 Å². The Labute approximate surface area is 182 Å². The average Bonchev–Trinajstić information content (AvgIpc) is 3.05. The number of hydrogen-bond donors (Lipinski definition) is 2. The molecule has 1 aliphatic heterocycles. The van der Waals surface area contributed by atoms with E-state index in [1.807, 2.05) is 0 Å². The number of aliphatic hydroxyl groups excluding tert-OH is 1. The molecular weight excluding hydrogens is 421 g/mol. The monoisotopic (exact) mass is 440 g/mol. The summed E-state index contributed by atoms with van der Waals surface area (Å²) >= 11 is 0. The van der Waals surface area contributed by atoms with E-state index >= 15 is 0 Å². The number of hydrogen-bond acceptors (Lipinski definition) is 3. The van der Waals surface area contributed by atoms with Gasteiger partial charge in [0.1, 0.15) is 0 Å². The topological polar surface area (TPSA) is 69.6 Å². The highest BCUT2D eigenvalue weighted by Crippen LogP contribution is 2.37. The molecule has 2 N–H and O–H groups in total. The summed E-state index contributed by atoms with van der Waals surface area (Å²) in [5.41, 5.74) is -1.42. The first-order valence-electron chi connectivity index (χ1n) is 9.84. The number of β-amino-alcohol motifs (C(OH)–C–C–N with tert-alkyl or cyclic N) is 1. The molecule has 0 bridgehead atoms. The first-order valence-corrected chi connectivity index (χ1v) is 9.84. The molecule has 32 heavy (non-hydrogen) atoms. The second-order valence-corrected chi connectivity index (χ2v) is 7.47. The number of imide groups is 1. The number of urea groups is 1. The van der Waals surface area contributed by atoms with Gasteiger partial charge in [0.05, 0.1) is 18.2 Å². The Morgan fingerprint density at radius 3 is 1.97 bits per heavy atom. The summed E-state index contributed by atoms with van der Waals surface area (Å²) in [5, 5.41) is 13.3. The number of carbonyl (C=O) groups excluding carboxylic acids is 2. The number of nitrogens with one attached hydrogen (secondary N) is 1. The summed E-state index contributed by atoms with van der Waals surface area (Å²) in [5.74, 6) is -0.620. The maximum atomic E-state index is 13.6. The Hall–Kier alpha value is -3.65. The van der Waals surface area contributed by atoms with Crippen molar-refractivity contribution in [1.82, 2.24) is 10.2 Å². The van der Waals surface area contributed by atoms with Gasteiger partial charge in [-0.15, -0.1) is 0 Å². The number of rotatable bonds is 5. The Kier molecular flexibility index (Phi) is 5.48. The Morgan fingerprint density at radius 2 is 1.44 bits per heavy atom. The van der Waals surface area contributed by atoms with E-state index in [-0.39, 0.29) is 5.56 Å². The van der Waals surface area contributed by atoms with E-state index in [2.05, 4.69) is 5.32 Å². The maximum Gasteiger partial charge on any atom is 0.416 e. The zero-order valence-electron chi connectivity index (χ0n) is 16.7. The predicted octanol–water partition coefficient (Wildman–Crippen LogP) is 4.23. The molecule has 3 aromatic rings. The highest BCUT2D eigenvalue weighted by molar-refractivity contribution is 6.09. The summed E-state index contributed by atoms with van der Waals surface area (Å²) in [6.07, 6.45) is -6.07. The molecule has 0 saturated carbocycles. The third-order valence-electron chi connectivity index (χ3n) is 5.47. The Bertz CT molecular complexity index is 1090. The van der Waals surface area contributed by atoms with E-state index in [4.69, 9.17) is 0 Å². The number of nitrogens with zero attached hydrogens (tertiary/aromatic N) is 1. The van der Waals surface area contributed by atoms with Crippen molar-refractivity contribution in [2.24, 2.45) is 0 Å². The summed E-state index contributed by atoms with van der Waals surface area (Å²) < 4.78 is 39.1. The van der Waals surface area contributed by atoms with Crippen LogP contribution in [0.3, 0.4) is 0 Å². The van der Waals surface area contributed by atoms with Gasteiger partial charge >= 0.3 is 12.2 Å². The molecule has 1 heterocycles. The van der Waals surface area contributed by atoms with E-state index in [9.17, 15) is 27.9 Å². The zero-order chi connectivity index (χ0) is 22.9. The third kappa shape index (κ3) is 3.73. The van der Waals surface area contributed by atoms with Gasteiger partial charge in [-0.3, -0.25) is 9.69 Å². The van der Waals surface area contributed by atoms with Crippen LogP contribution in [-0.4, -0.2) is 28.5 Å². The number of alkyl halides is 3. The van der Waals surface area contributed by atoms with Gasteiger partial charge in [-0.2, -0.15) is 13.2 Å². The van der Waals surface area contributed by atoms with E-state index in [1.54, 1.807) is 60.7 Å². The van der Waals surface area contributed by atoms with Crippen molar-refractivity contribution >= 4 is 11.9 Å². The van der Waals surface area contributed by atoms with Gasteiger partial charge < -0.3 is 10.4 Å². The van der Waals surface area contributed by atoms with Gasteiger partial charge in [0, 0.05) is 0 Å². The fourth-order valence-electron chi connectivity index (χ4n) is 3.88. The molecule has 1 unspecified atom stereocenters. The summed E-state index contributed by atoms with van der Waals surface area (Å²) in [7, 11) is 0. The second-order valence-electron chi connectivity index (χ2n) is 7.47. The predicted molar refractivity (Wildman–Crippen MR) is 110 cm³/mol. The number of benzene rings is 3. The molecule has 0 radical (unpaired) electrons. The number of halogens is 3. The largest absolute Gasteiger partial charge is 0.416 e. The zero-order valence-corrected chi connectivity index (χ0v) is 16.7. The molecule has 1 fully saturated rings. The van der Waals surface area contributed by atoms with Crippen LogP contribution < -0.4 is 5.32 Å². The molecule has 5 nitrogen and oxygen atoms in total. The maximum absolute atomic E-state index is 13.6. The van der Waals surface area contributed by atoms with Crippen LogP contribution in [0.25, 0.3) is 0 Å². The van der Waals surface area contributed by atoms with Crippen molar-refractivity contribution in [3.63, 3.8) is 0 Å². The highest BCUT2D eigenvalue weighted by atomic mass is 19.4. The van der Waals surface area contributed by atoms with Gasteiger partial charge in [0.15, 0.2) is 5.54 Å². The fraction of sp³-hybridized carbons (Fsp3) is 0.167. The molecule has 3 amide bonds. The van der Waals surface area contributed by atoms with Gasteiger partial charge in [-0.05, 0) is 28.8 Å². The van der Waals surface area contributed by atoms with Gasteiger partial charge in [0.2, 0.25) is 0 Å². The molecule has 8 heteroatoms. The number of carbonyl (C=O) groups is 2. The fourth-order valence-corrected chi connectivity index (χ4v) is 3.88. The lowest BCUT2D eigenvalue weighted by atomic mass is 9.82. The first kappa shape index (κ1) is 21.6. The summed E-state index contributed by atoms with van der Waals surface area (Å²) in [4.78, 5) is 27.3. The van der Waals surface area contributed by atoms with Crippen molar-refractivity contribution in [2.75, 3.05) is 6.54 Å². The number of amides is 3. The molecule has 4 rings (SSSR count). The Balaban J connectivity index is 1.69. The molecule has 0 spiro atoms. The van der Waals surface area contributed by atoms with Crippen LogP contribution in [-0.2, 0) is 16.5 Å². The summed E-state index contributed by atoms with van der Waals surface area (Å²) in [6, 6.07) is 20.8. The third-order valence-corrected chi connectivity index (χ3v) is 5.47. The SMILES string of the molecule is O=C1NC(c2ccccc2)(c2ccccc2)C(=O)N1CC(O)c1cccc(C(F)(F)F)c1. The van der Waals surface area contributed by atoms with E-state index in [0.29, 0.717) is 11.1 Å². The van der Waals surface area contributed by atoms with Crippen LogP contribution in [0.5, 0.6) is 0 Å². The minimum Gasteiger partial charge on any atom is -0.387 e. The van der Waals surface area contributed by atoms with E-state index in [1.165, 1.54) is 12.1 Å². The molecule has 3 aromatic carbocycles. The lowest BCUT2D eigenvalue weighted by molar-refractivity contribution is -0.137. The molecule has 0 aromatic heterocycles. The molecule has 0 aliphatic carbocycles. The van der Waals surface area contributed by atoms with Crippen LogP contribution in [0.15, 0.2) is 84.9 Å². The summed E-state index contributed by atoms with van der Waals surface area (Å²) in [6.45, 7) is -0.493. The highest BCUT2D eigenvalue weighted by Gasteiger charge is 2.54. The van der Waals surface area contributed by atoms with Gasteiger partial charge in [-0.25, -0.2) is 4.79 Å². The minimum absolute atomic E-state index is 0.0441. The number of aliphatic hydroxyl groups is 1. The second kappa shape index (κ2) is 8.12. The van der Waals surface area contributed by atoms with Crippen molar-refractivity contribution in [3.05, 3.63) is 107 Å². The van der Waals surface area contributed by atoms with Crippen LogP contribution in [0, 0.1) is 0 Å².